The molecule has 1 aliphatic carbocycles. The fourth-order valence-corrected chi connectivity index (χ4v) is 3.91. The predicted octanol–water partition coefficient (Wildman–Crippen LogP) is 2.74. The van der Waals surface area contributed by atoms with Crippen molar-refractivity contribution in [3.8, 4) is 0 Å². The predicted molar refractivity (Wildman–Crippen MR) is 86.6 cm³/mol. The van der Waals surface area contributed by atoms with Crippen LogP contribution in [0.15, 0.2) is 18.2 Å². The first-order chi connectivity index (χ1) is 10.1. The number of nitrogens with two attached hydrogens (primary N) is 1. The van der Waals surface area contributed by atoms with Crippen LogP contribution in [0.1, 0.15) is 42.5 Å². The van der Waals surface area contributed by atoms with Gasteiger partial charge in [0, 0.05) is 32.4 Å². The Morgan fingerprint density at radius 1 is 1.24 bits per heavy atom. The van der Waals surface area contributed by atoms with Crippen molar-refractivity contribution in [2.45, 2.75) is 38.1 Å². The monoisotopic (exact) mass is 287 g/mol. The molecule has 2 atom stereocenters. The lowest BCUT2D eigenvalue weighted by Gasteiger charge is -2.34. The second kappa shape index (κ2) is 5.58. The standard InChI is InChI=1S/C17H25N3O/c1-19(2)17(21)14-8-7-13(18)11-16(14)20-10-9-12-5-3-4-6-15(12)20/h7-8,11-12,15H,3-6,9-10,18H2,1-2H3. The number of nitrogen functional groups attached to an aromatic ring is 1. The van der Waals surface area contributed by atoms with E-state index in [1.165, 1.54) is 32.1 Å². The summed E-state index contributed by atoms with van der Waals surface area (Å²) in [4.78, 5) is 16.5. The number of rotatable bonds is 2. The summed E-state index contributed by atoms with van der Waals surface area (Å²) in [5.74, 6) is 0.853. The maximum absolute atomic E-state index is 12.5. The topological polar surface area (TPSA) is 49.6 Å². The van der Waals surface area contributed by atoms with Crippen molar-refractivity contribution in [2.75, 3.05) is 31.3 Å². The minimum Gasteiger partial charge on any atom is -0.399 e. The van der Waals surface area contributed by atoms with Gasteiger partial charge in [-0.25, -0.2) is 0 Å². The molecule has 2 unspecified atom stereocenters. The van der Waals surface area contributed by atoms with Gasteiger partial charge in [-0.1, -0.05) is 12.8 Å². The second-order valence-corrected chi connectivity index (χ2v) is 6.57. The van der Waals surface area contributed by atoms with Crippen LogP contribution in [-0.2, 0) is 0 Å². The fourth-order valence-electron chi connectivity index (χ4n) is 3.91. The molecule has 2 fully saturated rings. The maximum atomic E-state index is 12.5. The summed E-state index contributed by atoms with van der Waals surface area (Å²) in [6.45, 7) is 1.05. The normalized spacial score (nSPS) is 24.8. The Balaban J connectivity index is 1.97. The summed E-state index contributed by atoms with van der Waals surface area (Å²) in [7, 11) is 3.60. The van der Waals surface area contributed by atoms with Gasteiger partial charge < -0.3 is 15.5 Å². The van der Waals surface area contributed by atoms with Crippen LogP contribution in [0.4, 0.5) is 11.4 Å². The van der Waals surface area contributed by atoms with Gasteiger partial charge in [-0.3, -0.25) is 4.79 Å². The zero-order valence-electron chi connectivity index (χ0n) is 13.0. The molecule has 0 aromatic heterocycles. The van der Waals surface area contributed by atoms with Crippen LogP contribution in [0, 0.1) is 5.92 Å². The third kappa shape index (κ3) is 2.59. The molecule has 2 N–H and O–H groups in total. The van der Waals surface area contributed by atoms with E-state index in [-0.39, 0.29) is 5.91 Å². The zero-order chi connectivity index (χ0) is 15.0. The first-order valence-electron chi connectivity index (χ1n) is 7.95. The van der Waals surface area contributed by atoms with E-state index in [4.69, 9.17) is 5.73 Å². The third-order valence-electron chi connectivity index (χ3n) is 4.98. The van der Waals surface area contributed by atoms with E-state index < -0.39 is 0 Å². The summed E-state index contributed by atoms with van der Waals surface area (Å²) >= 11 is 0. The number of benzene rings is 1. The molecule has 2 aliphatic rings. The minimum absolute atomic E-state index is 0.0595. The van der Waals surface area contributed by atoms with Gasteiger partial charge in [0.2, 0.25) is 0 Å². The van der Waals surface area contributed by atoms with Crippen molar-refractivity contribution in [1.29, 1.82) is 0 Å². The highest BCUT2D eigenvalue weighted by atomic mass is 16.2. The molecule has 114 valence electrons. The van der Waals surface area contributed by atoms with Crippen LogP contribution in [0.3, 0.4) is 0 Å². The Morgan fingerprint density at radius 2 is 2.00 bits per heavy atom. The molecule has 1 aromatic rings. The zero-order valence-corrected chi connectivity index (χ0v) is 13.0. The van der Waals surface area contributed by atoms with Gasteiger partial charge in [0.15, 0.2) is 0 Å². The molecular weight excluding hydrogens is 262 g/mol. The summed E-state index contributed by atoms with van der Waals surface area (Å²) < 4.78 is 0. The lowest BCUT2D eigenvalue weighted by atomic mass is 9.85. The van der Waals surface area contributed by atoms with Crippen molar-refractivity contribution in [3.05, 3.63) is 23.8 Å². The molecule has 1 amide bonds. The highest BCUT2D eigenvalue weighted by Gasteiger charge is 2.37. The average molecular weight is 287 g/mol. The van der Waals surface area contributed by atoms with Crippen LogP contribution in [0.25, 0.3) is 0 Å². The Hall–Kier alpha value is -1.71. The van der Waals surface area contributed by atoms with Gasteiger partial charge in [-0.2, -0.15) is 0 Å². The van der Waals surface area contributed by atoms with Crippen molar-refractivity contribution in [1.82, 2.24) is 4.90 Å². The van der Waals surface area contributed by atoms with Crippen molar-refractivity contribution >= 4 is 17.3 Å². The fraction of sp³-hybridized carbons (Fsp3) is 0.588. The summed E-state index contributed by atoms with van der Waals surface area (Å²) in [6, 6.07) is 6.28. The number of carbonyl (C=O) groups is 1. The van der Waals surface area contributed by atoms with Crippen LogP contribution < -0.4 is 10.6 Å². The number of hydrogen-bond donors (Lipinski definition) is 1. The summed E-state index contributed by atoms with van der Waals surface area (Å²) in [5, 5.41) is 0. The molecule has 4 nitrogen and oxygen atoms in total. The first-order valence-corrected chi connectivity index (χ1v) is 7.95. The molecule has 1 saturated heterocycles. The van der Waals surface area contributed by atoms with Gasteiger partial charge in [-0.05, 0) is 43.4 Å². The number of anilines is 2. The van der Waals surface area contributed by atoms with Crippen LogP contribution in [-0.4, -0.2) is 37.5 Å². The van der Waals surface area contributed by atoms with E-state index in [2.05, 4.69) is 4.90 Å². The van der Waals surface area contributed by atoms with Crippen LogP contribution in [0.5, 0.6) is 0 Å². The Bertz CT molecular complexity index is 541. The number of nitrogens with zero attached hydrogens (tertiary/aromatic N) is 2. The lowest BCUT2D eigenvalue weighted by molar-refractivity contribution is 0.0828. The number of amides is 1. The van der Waals surface area contributed by atoms with Crippen molar-refractivity contribution in [3.63, 3.8) is 0 Å². The molecule has 1 aromatic carbocycles. The highest BCUT2D eigenvalue weighted by Crippen LogP contribution is 2.40. The molecule has 1 heterocycles. The van der Waals surface area contributed by atoms with Crippen molar-refractivity contribution in [2.24, 2.45) is 5.92 Å². The van der Waals surface area contributed by atoms with Crippen LogP contribution in [0.2, 0.25) is 0 Å². The number of carbonyl (C=O) groups excluding carboxylic acids is 1. The first kappa shape index (κ1) is 14.2. The van der Waals surface area contributed by atoms with Crippen LogP contribution >= 0.6 is 0 Å². The van der Waals surface area contributed by atoms with E-state index in [0.29, 0.717) is 6.04 Å². The summed E-state index contributed by atoms with van der Waals surface area (Å²) in [6.07, 6.45) is 6.48. The molecule has 4 heteroatoms. The smallest absolute Gasteiger partial charge is 0.255 e. The highest BCUT2D eigenvalue weighted by molar-refractivity contribution is 6.00. The third-order valence-corrected chi connectivity index (χ3v) is 4.98. The molecule has 1 aliphatic heterocycles. The molecule has 3 rings (SSSR count). The Labute approximate surface area is 126 Å². The number of hydrogen-bond acceptors (Lipinski definition) is 3. The van der Waals surface area contributed by atoms with Gasteiger partial charge in [0.1, 0.15) is 0 Å². The van der Waals surface area contributed by atoms with E-state index in [1.54, 1.807) is 19.0 Å². The maximum Gasteiger partial charge on any atom is 0.255 e. The molecule has 0 bridgehead atoms. The van der Waals surface area contributed by atoms with E-state index >= 15 is 0 Å². The van der Waals surface area contributed by atoms with Gasteiger partial charge in [-0.15, -0.1) is 0 Å². The van der Waals surface area contributed by atoms with Gasteiger partial charge in [0.25, 0.3) is 5.91 Å². The van der Waals surface area contributed by atoms with E-state index in [0.717, 1.165) is 29.4 Å². The number of fused-ring (bicyclic) bond motifs is 1. The molecular formula is C17H25N3O. The molecule has 0 radical (unpaired) electrons. The molecule has 21 heavy (non-hydrogen) atoms. The van der Waals surface area contributed by atoms with Gasteiger partial charge >= 0.3 is 0 Å². The lowest BCUT2D eigenvalue weighted by Crippen LogP contribution is -2.36. The second-order valence-electron chi connectivity index (χ2n) is 6.57. The largest absolute Gasteiger partial charge is 0.399 e. The van der Waals surface area contributed by atoms with Gasteiger partial charge in [0.05, 0.1) is 11.3 Å². The molecule has 1 saturated carbocycles. The quantitative estimate of drug-likeness (QED) is 0.851. The Morgan fingerprint density at radius 3 is 2.76 bits per heavy atom. The minimum atomic E-state index is 0.0595. The van der Waals surface area contributed by atoms with E-state index in [1.807, 2.05) is 18.2 Å². The average Bonchev–Trinajstić information content (AvgIpc) is 2.90. The molecule has 0 spiro atoms. The SMILES string of the molecule is CN(C)C(=O)c1ccc(N)cc1N1CCC2CCCCC21. The Kier molecular flexibility index (Phi) is 3.79. The van der Waals surface area contributed by atoms with E-state index in [9.17, 15) is 4.79 Å². The van der Waals surface area contributed by atoms with Crippen molar-refractivity contribution < 1.29 is 4.79 Å². The summed E-state index contributed by atoms with van der Waals surface area (Å²) in [5.41, 5.74) is 8.53.